The van der Waals surface area contributed by atoms with Crippen LogP contribution in [0.3, 0.4) is 0 Å². The molecule has 94 valence electrons. The molecule has 2 aliphatic rings. The molecule has 0 aliphatic carbocycles. The zero-order chi connectivity index (χ0) is 12.7. The van der Waals surface area contributed by atoms with E-state index in [4.69, 9.17) is 4.74 Å². The number of hydrogen-bond acceptors (Lipinski definition) is 3. The number of rotatable bonds is 2. The summed E-state index contributed by atoms with van der Waals surface area (Å²) in [5, 5.41) is 5.55. The first-order valence-corrected chi connectivity index (χ1v) is 6.07. The first kappa shape index (κ1) is 11.1. The zero-order valence-electron chi connectivity index (χ0n) is 10.4. The molecule has 0 radical (unpaired) electrons. The number of hydrogen-bond donors (Lipinski definition) is 2. The van der Waals surface area contributed by atoms with E-state index in [0.717, 1.165) is 23.4 Å². The van der Waals surface area contributed by atoms with Crippen LogP contribution in [0.5, 0.6) is 5.75 Å². The monoisotopic (exact) mass is 245 g/mol. The van der Waals surface area contributed by atoms with Crippen molar-refractivity contribution in [2.75, 3.05) is 0 Å². The van der Waals surface area contributed by atoms with Gasteiger partial charge in [-0.2, -0.15) is 0 Å². The third-order valence-electron chi connectivity index (χ3n) is 2.96. The number of amidine groups is 1. The van der Waals surface area contributed by atoms with Crippen LogP contribution in [0.15, 0.2) is 23.2 Å². The Bertz CT molecular complexity index is 537. The molecule has 5 heteroatoms. The normalized spacial score (nSPS) is 20.7. The molecule has 0 aromatic heterocycles. The van der Waals surface area contributed by atoms with Gasteiger partial charge in [0, 0.05) is 6.42 Å². The molecule has 1 fully saturated rings. The Balaban J connectivity index is 1.91. The highest BCUT2D eigenvalue weighted by Gasteiger charge is 2.31. The van der Waals surface area contributed by atoms with Gasteiger partial charge < -0.3 is 10.1 Å². The maximum atomic E-state index is 11.2. The molecule has 1 aromatic carbocycles. The Hall–Kier alpha value is -2.04. The fraction of sp³-hybridized carbons (Fsp3) is 0.385. The van der Waals surface area contributed by atoms with Crippen molar-refractivity contribution in [3.8, 4) is 5.75 Å². The molecule has 2 aliphatic heterocycles. The van der Waals surface area contributed by atoms with E-state index in [1.54, 1.807) is 0 Å². The van der Waals surface area contributed by atoms with Crippen LogP contribution in [0.2, 0.25) is 0 Å². The summed E-state index contributed by atoms with van der Waals surface area (Å²) in [5.41, 5.74) is 2.01. The molecule has 1 atom stereocenters. The standard InChI is InChI=1S/C13H15N3O2/c1-7(2)18-9-3-4-10-8(5-9)6-11-12(14-10)16-13(17)15-11/h3-5,7,11H,6H2,1-2H3,(H2,14,15,16,17). The fourth-order valence-corrected chi connectivity index (χ4v) is 2.25. The summed E-state index contributed by atoms with van der Waals surface area (Å²) in [6.07, 6.45) is 0.904. The van der Waals surface area contributed by atoms with Crippen molar-refractivity contribution in [2.24, 2.45) is 4.99 Å². The van der Waals surface area contributed by atoms with Gasteiger partial charge in [-0.05, 0) is 37.6 Å². The van der Waals surface area contributed by atoms with E-state index in [1.165, 1.54) is 0 Å². The van der Waals surface area contributed by atoms with Crippen molar-refractivity contribution in [3.63, 3.8) is 0 Å². The summed E-state index contributed by atoms with van der Waals surface area (Å²) in [5.74, 6) is 1.56. The lowest BCUT2D eigenvalue weighted by Crippen LogP contribution is -2.33. The molecular weight excluding hydrogens is 230 g/mol. The van der Waals surface area contributed by atoms with Crippen molar-refractivity contribution >= 4 is 17.6 Å². The Morgan fingerprint density at radius 1 is 1.44 bits per heavy atom. The van der Waals surface area contributed by atoms with Gasteiger partial charge in [-0.1, -0.05) is 0 Å². The number of amides is 2. The minimum Gasteiger partial charge on any atom is -0.491 e. The van der Waals surface area contributed by atoms with Crippen molar-refractivity contribution < 1.29 is 9.53 Å². The summed E-state index contributed by atoms with van der Waals surface area (Å²) in [4.78, 5) is 15.7. The molecule has 1 aromatic rings. The average molecular weight is 245 g/mol. The van der Waals surface area contributed by atoms with E-state index in [9.17, 15) is 4.79 Å². The summed E-state index contributed by atoms with van der Waals surface area (Å²) in [6, 6.07) is 5.64. The molecule has 5 nitrogen and oxygen atoms in total. The van der Waals surface area contributed by atoms with Crippen molar-refractivity contribution in [1.82, 2.24) is 10.6 Å². The van der Waals surface area contributed by atoms with E-state index >= 15 is 0 Å². The van der Waals surface area contributed by atoms with Gasteiger partial charge in [0.05, 0.1) is 17.8 Å². The molecule has 2 amide bonds. The number of urea groups is 1. The van der Waals surface area contributed by atoms with Crippen LogP contribution in [0.1, 0.15) is 19.4 Å². The second kappa shape index (κ2) is 4.01. The van der Waals surface area contributed by atoms with Gasteiger partial charge in [0.25, 0.3) is 0 Å². The zero-order valence-corrected chi connectivity index (χ0v) is 10.4. The maximum absolute atomic E-state index is 11.2. The summed E-state index contributed by atoms with van der Waals surface area (Å²) in [7, 11) is 0. The number of nitrogens with one attached hydrogen (secondary N) is 2. The molecule has 1 unspecified atom stereocenters. The van der Waals surface area contributed by atoms with Crippen LogP contribution < -0.4 is 15.4 Å². The quantitative estimate of drug-likeness (QED) is 0.833. The minimum absolute atomic E-state index is 0.0284. The van der Waals surface area contributed by atoms with Crippen molar-refractivity contribution in [1.29, 1.82) is 0 Å². The first-order valence-electron chi connectivity index (χ1n) is 6.07. The van der Waals surface area contributed by atoms with Gasteiger partial charge in [-0.25, -0.2) is 9.79 Å². The second-order valence-corrected chi connectivity index (χ2v) is 4.81. The third kappa shape index (κ3) is 1.92. The molecule has 2 N–H and O–H groups in total. The fourth-order valence-electron chi connectivity index (χ4n) is 2.25. The summed E-state index contributed by atoms with van der Waals surface area (Å²) < 4.78 is 5.66. The largest absolute Gasteiger partial charge is 0.491 e. The summed E-state index contributed by atoms with van der Waals surface area (Å²) in [6.45, 7) is 3.99. The Kier molecular flexibility index (Phi) is 2.47. The van der Waals surface area contributed by atoms with Crippen LogP contribution in [0.25, 0.3) is 0 Å². The second-order valence-electron chi connectivity index (χ2n) is 4.81. The maximum Gasteiger partial charge on any atom is 0.320 e. The van der Waals surface area contributed by atoms with Gasteiger partial charge in [0.1, 0.15) is 11.6 Å². The Labute approximate surface area is 105 Å². The highest BCUT2D eigenvalue weighted by atomic mass is 16.5. The van der Waals surface area contributed by atoms with Crippen molar-refractivity contribution in [2.45, 2.75) is 32.4 Å². The van der Waals surface area contributed by atoms with E-state index in [1.807, 2.05) is 32.0 Å². The van der Waals surface area contributed by atoms with Crippen LogP contribution in [0.4, 0.5) is 10.5 Å². The first-order chi connectivity index (χ1) is 8.61. The number of ether oxygens (including phenoxy) is 1. The number of benzene rings is 1. The SMILES string of the molecule is CC(C)Oc1ccc2c(c1)CC1NC(=O)NC1=N2. The number of fused-ring (bicyclic) bond motifs is 2. The van der Waals surface area contributed by atoms with Crippen LogP contribution >= 0.6 is 0 Å². The van der Waals surface area contributed by atoms with Crippen molar-refractivity contribution in [3.05, 3.63) is 23.8 Å². The molecule has 18 heavy (non-hydrogen) atoms. The van der Waals surface area contributed by atoms with E-state index < -0.39 is 0 Å². The topological polar surface area (TPSA) is 62.7 Å². The van der Waals surface area contributed by atoms with E-state index in [0.29, 0.717) is 5.84 Å². The smallest absolute Gasteiger partial charge is 0.320 e. The minimum atomic E-state index is -0.176. The number of carbonyl (C=O) groups is 1. The van der Waals surface area contributed by atoms with Crippen LogP contribution in [-0.4, -0.2) is 24.0 Å². The van der Waals surface area contributed by atoms with E-state index in [2.05, 4.69) is 15.6 Å². The van der Waals surface area contributed by atoms with Gasteiger partial charge in [-0.15, -0.1) is 0 Å². The lowest BCUT2D eigenvalue weighted by atomic mass is 10.0. The lowest BCUT2D eigenvalue weighted by Gasteiger charge is -2.19. The molecular formula is C13H15N3O2. The number of carbonyl (C=O) groups excluding carboxylic acids is 1. The molecule has 0 bridgehead atoms. The lowest BCUT2D eigenvalue weighted by molar-refractivity contribution is 0.242. The molecule has 1 saturated heterocycles. The highest BCUT2D eigenvalue weighted by Crippen LogP contribution is 2.30. The number of aliphatic imine (C=N–C) groups is 1. The Morgan fingerprint density at radius 2 is 2.28 bits per heavy atom. The molecule has 0 saturated carbocycles. The molecule has 0 spiro atoms. The van der Waals surface area contributed by atoms with Crippen LogP contribution in [0, 0.1) is 0 Å². The predicted molar refractivity (Wildman–Crippen MR) is 68.5 cm³/mol. The summed E-state index contributed by atoms with van der Waals surface area (Å²) >= 11 is 0. The number of nitrogens with zero attached hydrogens (tertiary/aromatic N) is 1. The highest BCUT2D eigenvalue weighted by molar-refractivity contribution is 6.09. The third-order valence-corrected chi connectivity index (χ3v) is 2.96. The molecule has 2 heterocycles. The molecule has 3 rings (SSSR count). The predicted octanol–water partition coefficient (Wildman–Crippen LogP) is 1.74. The van der Waals surface area contributed by atoms with E-state index in [-0.39, 0.29) is 18.2 Å². The van der Waals surface area contributed by atoms with Gasteiger partial charge in [-0.3, -0.25) is 5.32 Å². The Morgan fingerprint density at radius 3 is 3.06 bits per heavy atom. The van der Waals surface area contributed by atoms with Gasteiger partial charge >= 0.3 is 6.03 Å². The van der Waals surface area contributed by atoms with Crippen LogP contribution in [-0.2, 0) is 6.42 Å². The average Bonchev–Trinajstić information content (AvgIpc) is 2.64. The van der Waals surface area contributed by atoms with Gasteiger partial charge in [0.15, 0.2) is 0 Å². The van der Waals surface area contributed by atoms with Gasteiger partial charge in [0.2, 0.25) is 0 Å².